The first-order valence-electron chi connectivity index (χ1n) is 7.90. The molecule has 2 rings (SSSR count). The number of aromatic nitrogens is 1. The Morgan fingerprint density at radius 1 is 1.48 bits per heavy atom. The predicted molar refractivity (Wildman–Crippen MR) is 81.4 cm³/mol. The standard InChI is InChI=1S/C16H24F2N2O3/c1-3-7-16(10-21)9-19(8-6-13(16)22)14(23)12-5-4-11(2)20(12)15(17)18/h4-5,13,15,21-22H,3,6-10H2,1-2H3/t13-,16-/m0/s1. The number of nitrogens with zero attached hydrogens (tertiary/aromatic N) is 2. The summed E-state index contributed by atoms with van der Waals surface area (Å²) in [5, 5.41) is 20.0. The minimum atomic E-state index is -2.78. The van der Waals surface area contributed by atoms with Crippen molar-refractivity contribution < 1.29 is 23.8 Å². The van der Waals surface area contributed by atoms with Gasteiger partial charge in [-0.2, -0.15) is 8.78 Å². The molecule has 1 fully saturated rings. The number of likely N-dealkylation sites (tertiary alicyclic amines) is 1. The van der Waals surface area contributed by atoms with Gasteiger partial charge >= 0.3 is 6.55 Å². The van der Waals surface area contributed by atoms with E-state index in [1.165, 1.54) is 24.0 Å². The van der Waals surface area contributed by atoms with Crippen molar-refractivity contribution in [3.63, 3.8) is 0 Å². The first kappa shape index (κ1) is 17.9. The van der Waals surface area contributed by atoms with E-state index in [1.807, 2.05) is 6.92 Å². The van der Waals surface area contributed by atoms with Gasteiger partial charge in [0, 0.05) is 24.2 Å². The molecule has 0 saturated carbocycles. The van der Waals surface area contributed by atoms with E-state index in [0.29, 0.717) is 29.6 Å². The van der Waals surface area contributed by atoms with Crippen molar-refractivity contribution in [1.29, 1.82) is 0 Å². The molecular formula is C16H24F2N2O3. The Bertz CT molecular complexity index is 562. The highest BCUT2D eigenvalue weighted by Crippen LogP contribution is 2.35. The summed E-state index contributed by atoms with van der Waals surface area (Å²) in [5.41, 5.74) is -0.514. The number of aliphatic hydroxyl groups is 2. The summed E-state index contributed by atoms with van der Waals surface area (Å²) in [4.78, 5) is 14.1. The van der Waals surface area contributed by atoms with Crippen LogP contribution < -0.4 is 0 Å². The Labute approximate surface area is 134 Å². The molecule has 1 aliphatic heterocycles. The molecule has 23 heavy (non-hydrogen) atoms. The topological polar surface area (TPSA) is 65.7 Å². The van der Waals surface area contributed by atoms with Gasteiger partial charge in [-0.25, -0.2) is 0 Å². The SMILES string of the molecule is CCC[C@@]1(CO)CN(C(=O)c2ccc(C)n2C(F)F)CC[C@@H]1O. The van der Waals surface area contributed by atoms with Crippen molar-refractivity contribution in [2.24, 2.45) is 5.41 Å². The van der Waals surface area contributed by atoms with Gasteiger partial charge in [0.15, 0.2) is 0 Å². The lowest BCUT2D eigenvalue weighted by atomic mass is 9.74. The van der Waals surface area contributed by atoms with Crippen molar-refractivity contribution in [2.45, 2.75) is 45.8 Å². The maximum Gasteiger partial charge on any atom is 0.319 e. The summed E-state index contributed by atoms with van der Waals surface area (Å²) in [5.74, 6) is -0.487. The zero-order valence-corrected chi connectivity index (χ0v) is 13.5. The minimum Gasteiger partial charge on any atom is -0.396 e. The van der Waals surface area contributed by atoms with Crippen LogP contribution in [-0.2, 0) is 0 Å². The summed E-state index contributed by atoms with van der Waals surface area (Å²) in [6, 6.07) is 2.89. The Morgan fingerprint density at radius 2 is 2.17 bits per heavy atom. The van der Waals surface area contributed by atoms with E-state index < -0.39 is 24.0 Å². The van der Waals surface area contributed by atoms with Crippen LogP contribution in [0.4, 0.5) is 8.78 Å². The number of aryl methyl sites for hydroxylation is 1. The molecule has 0 bridgehead atoms. The number of aliphatic hydroxyl groups excluding tert-OH is 2. The number of amides is 1. The van der Waals surface area contributed by atoms with Crippen LogP contribution in [0.3, 0.4) is 0 Å². The summed E-state index contributed by atoms with van der Waals surface area (Å²) in [6.45, 7) is 0.913. The fourth-order valence-electron chi connectivity index (χ4n) is 3.45. The molecule has 0 unspecified atom stereocenters. The second kappa shape index (κ2) is 6.97. The average molecular weight is 330 g/mol. The molecule has 0 aliphatic carbocycles. The quantitative estimate of drug-likeness (QED) is 0.870. The molecule has 1 amide bonds. The van der Waals surface area contributed by atoms with Crippen LogP contribution in [0.5, 0.6) is 0 Å². The van der Waals surface area contributed by atoms with Crippen LogP contribution >= 0.6 is 0 Å². The zero-order chi connectivity index (χ0) is 17.2. The van der Waals surface area contributed by atoms with Gasteiger partial charge in [-0.05, 0) is 31.9 Å². The second-order valence-corrected chi connectivity index (χ2v) is 6.31. The summed E-state index contributed by atoms with van der Waals surface area (Å²) < 4.78 is 27.0. The van der Waals surface area contributed by atoms with Gasteiger partial charge in [-0.1, -0.05) is 13.3 Å². The number of piperidine rings is 1. The van der Waals surface area contributed by atoms with Crippen molar-refractivity contribution >= 4 is 5.91 Å². The molecule has 1 aliphatic rings. The molecule has 0 aromatic carbocycles. The number of alkyl halides is 2. The van der Waals surface area contributed by atoms with Gasteiger partial charge in [-0.3, -0.25) is 9.36 Å². The predicted octanol–water partition coefficient (Wildman–Crippen LogP) is 2.18. The number of hydrogen-bond donors (Lipinski definition) is 2. The van der Waals surface area contributed by atoms with E-state index >= 15 is 0 Å². The van der Waals surface area contributed by atoms with Crippen LogP contribution in [0.1, 0.15) is 48.9 Å². The highest BCUT2D eigenvalue weighted by Gasteiger charge is 2.43. The minimum absolute atomic E-state index is 0.0581. The molecule has 1 aromatic heterocycles. The van der Waals surface area contributed by atoms with E-state index in [-0.39, 0.29) is 18.8 Å². The fourth-order valence-corrected chi connectivity index (χ4v) is 3.45. The van der Waals surface area contributed by atoms with Crippen molar-refractivity contribution in [1.82, 2.24) is 9.47 Å². The highest BCUT2D eigenvalue weighted by molar-refractivity contribution is 5.93. The molecule has 2 heterocycles. The Hall–Kier alpha value is -1.47. The van der Waals surface area contributed by atoms with Crippen LogP contribution in [0, 0.1) is 12.3 Å². The van der Waals surface area contributed by atoms with Gasteiger partial charge in [-0.15, -0.1) is 0 Å². The van der Waals surface area contributed by atoms with E-state index in [1.54, 1.807) is 0 Å². The second-order valence-electron chi connectivity index (χ2n) is 6.31. The first-order chi connectivity index (χ1) is 10.9. The first-order valence-corrected chi connectivity index (χ1v) is 7.90. The lowest BCUT2D eigenvalue weighted by molar-refractivity contribution is -0.0724. The normalized spacial score (nSPS) is 25.2. The molecule has 5 nitrogen and oxygen atoms in total. The van der Waals surface area contributed by atoms with Gasteiger partial charge in [0.1, 0.15) is 5.69 Å². The maximum atomic E-state index is 13.2. The van der Waals surface area contributed by atoms with Crippen LogP contribution in [0.15, 0.2) is 12.1 Å². The van der Waals surface area contributed by atoms with E-state index in [2.05, 4.69) is 0 Å². The van der Waals surface area contributed by atoms with Crippen molar-refractivity contribution in [3.8, 4) is 0 Å². The smallest absolute Gasteiger partial charge is 0.319 e. The third-order valence-electron chi connectivity index (χ3n) is 4.77. The molecular weight excluding hydrogens is 306 g/mol. The van der Waals surface area contributed by atoms with E-state index in [9.17, 15) is 23.8 Å². The molecule has 0 radical (unpaired) electrons. The molecule has 2 atom stereocenters. The molecule has 130 valence electrons. The van der Waals surface area contributed by atoms with Gasteiger partial charge in [0.25, 0.3) is 5.91 Å². The Kier molecular flexibility index (Phi) is 5.41. The summed E-state index contributed by atoms with van der Waals surface area (Å²) >= 11 is 0. The highest BCUT2D eigenvalue weighted by atomic mass is 19.3. The molecule has 1 aromatic rings. The van der Waals surface area contributed by atoms with Crippen molar-refractivity contribution in [2.75, 3.05) is 19.7 Å². The number of hydrogen-bond acceptors (Lipinski definition) is 3. The van der Waals surface area contributed by atoms with E-state index in [4.69, 9.17) is 0 Å². The average Bonchev–Trinajstić information content (AvgIpc) is 2.91. The third-order valence-corrected chi connectivity index (χ3v) is 4.77. The number of carbonyl (C=O) groups excluding carboxylic acids is 1. The van der Waals surface area contributed by atoms with Gasteiger partial charge < -0.3 is 15.1 Å². The van der Waals surface area contributed by atoms with Crippen molar-refractivity contribution in [3.05, 3.63) is 23.5 Å². The molecule has 1 saturated heterocycles. The Morgan fingerprint density at radius 3 is 2.74 bits per heavy atom. The Balaban J connectivity index is 2.27. The van der Waals surface area contributed by atoms with Gasteiger partial charge in [0.05, 0.1) is 12.7 Å². The number of rotatable bonds is 5. The number of halogens is 2. The molecule has 7 heteroatoms. The monoisotopic (exact) mass is 330 g/mol. The summed E-state index contributed by atoms with van der Waals surface area (Å²) in [7, 11) is 0. The van der Waals surface area contributed by atoms with E-state index in [0.717, 1.165) is 6.42 Å². The third kappa shape index (κ3) is 3.26. The lowest BCUT2D eigenvalue weighted by Crippen LogP contribution is -2.55. The summed E-state index contributed by atoms with van der Waals surface area (Å²) in [6.07, 6.45) is 0.969. The van der Waals surface area contributed by atoms with Crippen LogP contribution in [0.25, 0.3) is 0 Å². The van der Waals surface area contributed by atoms with Gasteiger partial charge in [0.2, 0.25) is 0 Å². The molecule has 2 N–H and O–H groups in total. The lowest BCUT2D eigenvalue weighted by Gasteiger charge is -2.45. The zero-order valence-electron chi connectivity index (χ0n) is 13.5. The van der Waals surface area contributed by atoms with Crippen LogP contribution in [0.2, 0.25) is 0 Å². The van der Waals surface area contributed by atoms with Crippen LogP contribution in [-0.4, -0.2) is 51.4 Å². The molecule has 0 spiro atoms. The largest absolute Gasteiger partial charge is 0.396 e. The number of carbonyl (C=O) groups is 1. The fraction of sp³-hybridized carbons (Fsp3) is 0.688. The maximum absolute atomic E-state index is 13.2.